The van der Waals surface area contributed by atoms with Crippen LogP contribution < -0.4 is 4.74 Å². The van der Waals surface area contributed by atoms with E-state index in [4.69, 9.17) is 16.3 Å². The number of carbonyl (C=O) groups excluding carboxylic acids is 1. The van der Waals surface area contributed by atoms with Crippen LogP contribution >= 0.6 is 11.6 Å². The Hall–Kier alpha value is -2.64. The largest absolute Gasteiger partial charge is 0.490 e. The summed E-state index contributed by atoms with van der Waals surface area (Å²) < 4.78 is 35.6. The third-order valence-electron chi connectivity index (χ3n) is 7.37. The molecule has 3 heterocycles. The van der Waals surface area contributed by atoms with Gasteiger partial charge in [-0.2, -0.15) is 0 Å². The van der Waals surface area contributed by atoms with E-state index in [1.54, 1.807) is 12.1 Å². The Morgan fingerprint density at radius 2 is 1.67 bits per heavy atom. The van der Waals surface area contributed by atoms with Crippen LogP contribution in [0.1, 0.15) is 50.0 Å². The highest BCUT2D eigenvalue weighted by atomic mass is 35.5. The first kappa shape index (κ1) is 25.0. The van der Waals surface area contributed by atoms with Crippen LogP contribution in [-0.4, -0.2) is 64.5 Å². The molecule has 0 spiro atoms. The van der Waals surface area contributed by atoms with Gasteiger partial charge >= 0.3 is 0 Å². The summed E-state index contributed by atoms with van der Waals surface area (Å²) in [6, 6.07) is 15.5. The predicted octanol–water partition coefficient (Wildman–Crippen LogP) is 6.41. The molecule has 3 aromatic rings. The average molecular weight is 516 g/mol. The number of fused-ring (bicyclic) bond motifs is 1. The summed E-state index contributed by atoms with van der Waals surface area (Å²) in [4.78, 5) is 17.5. The van der Waals surface area contributed by atoms with Gasteiger partial charge in [0.05, 0.1) is 5.52 Å². The zero-order chi connectivity index (χ0) is 25.4. The number of ether oxygens (including phenoxy) is 1. The molecule has 2 saturated heterocycles. The highest BCUT2D eigenvalue weighted by Gasteiger charge is 2.36. The number of halogens is 3. The minimum atomic E-state index is -2.71. The number of hydrogen-bond donors (Lipinski definition) is 0. The normalized spacial score (nSPS) is 19.2. The van der Waals surface area contributed by atoms with Gasteiger partial charge in [0.2, 0.25) is 0 Å². The lowest BCUT2D eigenvalue weighted by Crippen LogP contribution is -2.43. The number of piperidine rings is 2. The molecular weight excluding hydrogens is 484 g/mol. The Labute approximate surface area is 215 Å². The highest BCUT2D eigenvalue weighted by molar-refractivity contribution is 6.30. The lowest BCUT2D eigenvalue weighted by atomic mass is 10.1. The number of aromatic nitrogens is 1. The van der Waals surface area contributed by atoms with Crippen LogP contribution in [0.2, 0.25) is 5.02 Å². The lowest BCUT2D eigenvalue weighted by Gasteiger charge is -2.34. The molecule has 0 bridgehead atoms. The predicted molar refractivity (Wildman–Crippen MR) is 139 cm³/mol. The zero-order valence-electron chi connectivity index (χ0n) is 20.7. The van der Waals surface area contributed by atoms with Crippen molar-refractivity contribution in [2.45, 2.75) is 57.6 Å². The van der Waals surface area contributed by atoms with Gasteiger partial charge in [-0.3, -0.25) is 4.79 Å². The van der Waals surface area contributed by atoms with E-state index in [0.717, 1.165) is 48.3 Å². The average Bonchev–Trinajstić information content (AvgIpc) is 3.23. The number of amides is 1. The van der Waals surface area contributed by atoms with E-state index in [1.807, 2.05) is 41.0 Å². The molecule has 5 nitrogen and oxygen atoms in total. The fourth-order valence-electron chi connectivity index (χ4n) is 5.19. The Balaban J connectivity index is 1.45. The Morgan fingerprint density at radius 3 is 2.31 bits per heavy atom. The summed E-state index contributed by atoms with van der Waals surface area (Å²) in [5.41, 5.74) is 2.08. The van der Waals surface area contributed by atoms with Gasteiger partial charge in [-0.05, 0) is 75.2 Å². The third-order valence-corrected chi connectivity index (χ3v) is 7.62. The summed E-state index contributed by atoms with van der Waals surface area (Å²) in [6.07, 6.45) is 1.49. The molecule has 2 fully saturated rings. The minimum Gasteiger partial charge on any atom is -0.490 e. The minimum absolute atomic E-state index is 0.0391. The number of nitrogens with zero attached hydrogens (tertiary/aromatic N) is 3. The van der Waals surface area contributed by atoms with E-state index < -0.39 is 5.92 Å². The molecule has 1 amide bonds. The van der Waals surface area contributed by atoms with Crippen molar-refractivity contribution in [2.75, 3.05) is 26.2 Å². The van der Waals surface area contributed by atoms with Crippen LogP contribution in [0, 0.1) is 0 Å². The molecule has 2 aromatic carbocycles. The number of hydrogen-bond acceptors (Lipinski definition) is 3. The topological polar surface area (TPSA) is 37.7 Å². The van der Waals surface area contributed by atoms with E-state index in [9.17, 15) is 13.6 Å². The molecule has 36 heavy (non-hydrogen) atoms. The fraction of sp³-hybridized carbons (Fsp3) is 0.464. The van der Waals surface area contributed by atoms with Gasteiger partial charge in [0.15, 0.2) is 0 Å². The summed E-state index contributed by atoms with van der Waals surface area (Å²) in [6.45, 7) is 6.55. The first-order valence-corrected chi connectivity index (χ1v) is 13.1. The number of likely N-dealkylation sites (tertiary alicyclic amines) is 2. The van der Waals surface area contributed by atoms with E-state index in [0.29, 0.717) is 16.8 Å². The van der Waals surface area contributed by atoms with Crippen LogP contribution in [0.4, 0.5) is 8.78 Å². The molecule has 0 N–H and O–H groups in total. The molecule has 0 aliphatic carbocycles. The molecule has 0 saturated carbocycles. The Bertz CT molecular complexity index is 1220. The van der Waals surface area contributed by atoms with Crippen LogP contribution in [0.3, 0.4) is 0 Å². The van der Waals surface area contributed by atoms with Crippen molar-refractivity contribution in [2.24, 2.45) is 0 Å². The van der Waals surface area contributed by atoms with Crippen molar-refractivity contribution in [3.8, 4) is 11.4 Å². The van der Waals surface area contributed by atoms with Crippen molar-refractivity contribution >= 4 is 28.4 Å². The smallest absolute Gasteiger partial charge is 0.270 e. The van der Waals surface area contributed by atoms with Crippen molar-refractivity contribution in [1.82, 2.24) is 14.4 Å². The van der Waals surface area contributed by atoms with Crippen molar-refractivity contribution in [3.05, 3.63) is 59.2 Å². The highest BCUT2D eigenvalue weighted by Crippen LogP contribution is 2.33. The van der Waals surface area contributed by atoms with Crippen molar-refractivity contribution < 1.29 is 18.3 Å². The molecule has 0 atom stereocenters. The first-order valence-electron chi connectivity index (χ1n) is 12.7. The van der Waals surface area contributed by atoms with Crippen LogP contribution in [0.15, 0.2) is 48.5 Å². The maximum Gasteiger partial charge on any atom is 0.270 e. The van der Waals surface area contributed by atoms with Gasteiger partial charge < -0.3 is 19.1 Å². The van der Waals surface area contributed by atoms with Gasteiger partial charge in [0.1, 0.15) is 17.5 Å². The molecule has 0 radical (unpaired) electrons. The van der Waals surface area contributed by atoms with Gasteiger partial charge in [0.25, 0.3) is 11.8 Å². The van der Waals surface area contributed by atoms with Gasteiger partial charge in [0, 0.05) is 61.2 Å². The van der Waals surface area contributed by atoms with Gasteiger partial charge in [-0.25, -0.2) is 8.78 Å². The molecule has 2 aliphatic heterocycles. The molecule has 192 valence electrons. The van der Waals surface area contributed by atoms with Crippen LogP contribution in [-0.2, 0) is 0 Å². The second-order valence-corrected chi connectivity index (χ2v) is 10.6. The standard InChI is InChI=1S/C28H32ClF2N3O2/c1-19(2)32-13-9-23(10-14-32)36-24-7-8-25-20(17-24)18-26(34(25)22-5-3-21(29)4-6-22)27(35)33-15-11-28(30,31)12-16-33/h3-8,17-19,23H,9-16H2,1-2H3. The number of benzene rings is 2. The molecule has 5 rings (SSSR count). The first-order chi connectivity index (χ1) is 17.2. The quantitative estimate of drug-likeness (QED) is 0.394. The van der Waals surface area contributed by atoms with Crippen LogP contribution in [0.25, 0.3) is 16.6 Å². The third kappa shape index (κ3) is 5.23. The second-order valence-electron chi connectivity index (χ2n) is 10.2. The van der Waals surface area contributed by atoms with E-state index in [1.165, 1.54) is 4.90 Å². The second kappa shape index (κ2) is 10.0. The van der Waals surface area contributed by atoms with Crippen molar-refractivity contribution in [3.63, 3.8) is 0 Å². The zero-order valence-corrected chi connectivity index (χ0v) is 21.5. The van der Waals surface area contributed by atoms with Crippen LogP contribution in [0.5, 0.6) is 5.75 Å². The SMILES string of the molecule is CC(C)N1CCC(Oc2ccc3c(c2)cc(C(=O)N2CCC(F)(F)CC2)n3-c2ccc(Cl)cc2)CC1. The molecule has 8 heteroatoms. The summed E-state index contributed by atoms with van der Waals surface area (Å²) >= 11 is 6.11. The summed E-state index contributed by atoms with van der Waals surface area (Å²) in [7, 11) is 0. The summed E-state index contributed by atoms with van der Waals surface area (Å²) in [5.74, 6) is -2.19. The monoisotopic (exact) mass is 515 g/mol. The molecule has 1 aromatic heterocycles. The Kier molecular flexibility index (Phi) is 6.97. The van der Waals surface area contributed by atoms with Gasteiger partial charge in [-0.1, -0.05) is 11.6 Å². The van der Waals surface area contributed by atoms with E-state index in [2.05, 4.69) is 18.7 Å². The van der Waals surface area contributed by atoms with Crippen molar-refractivity contribution in [1.29, 1.82) is 0 Å². The summed E-state index contributed by atoms with van der Waals surface area (Å²) in [5, 5.41) is 1.47. The maximum atomic E-state index is 13.7. The molecular formula is C28H32ClF2N3O2. The number of carbonyl (C=O) groups is 1. The Morgan fingerprint density at radius 1 is 1.00 bits per heavy atom. The number of alkyl halides is 2. The van der Waals surface area contributed by atoms with E-state index >= 15 is 0 Å². The maximum absolute atomic E-state index is 13.7. The van der Waals surface area contributed by atoms with E-state index in [-0.39, 0.29) is 37.9 Å². The van der Waals surface area contributed by atoms with Gasteiger partial charge in [-0.15, -0.1) is 0 Å². The molecule has 0 unspecified atom stereocenters. The lowest BCUT2D eigenvalue weighted by molar-refractivity contribution is -0.0495. The fourth-order valence-corrected chi connectivity index (χ4v) is 5.32. The molecule has 2 aliphatic rings. The number of rotatable bonds is 5.